The summed E-state index contributed by atoms with van der Waals surface area (Å²) < 4.78 is 23.9. The third kappa shape index (κ3) is 5.01. The minimum absolute atomic E-state index is 0.0592. The zero-order valence-corrected chi connectivity index (χ0v) is 20.7. The van der Waals surface area contributed by atoms with Gasteiger partial charge in [0.25, 0.3) is 0 Å². The van der Waals surface area contributed by atoms with Crippen LogP contribution >= 0.6 is 0 Å². The summed E-state index contributed by atoms with van der Waals surface area (Å²) in [5.41, 5.74) is 3.89. The Balaban J connectivity index is 1.49. The van der Waals surface area contributed by atoms with Crippen LogP contribution in [0.25, 0.3) is 28.2 Å². The molecule has 5 heteroatoms. The first-order valence-electron chi connectivity index (χ1n) is 12.5. The van der Waals surface area contributed by atoms with Crippen LogP contribution < -0.4 is 19.6 Å². The van der Waals surface area contributed by atoms with Crippen LogP contribution in [0.5, 0.6) is 17.2 Å². The molecule has 0 unspecified atom stereocenters. The lowest BCUT2D eigenvalue weighted by Crippen LogP contribution is -2.09. The zero-order valence-electron chi connectivity index (χ0n) is 20.7. The highest BCUT2D eigenvalue weighted by Crippen LogP contribution is 2.36. The summed E-state index contributed by atoms with van der Waals surface area (Å²) in [5.74, 6) is 2.66. The lowest BCUT2D eigenvalue weighted by Gasteiger charge is -2.14. The van der Waals surface area contributed by atoms with Crippen LogP contribution in [0.1, 0.15) is 36.7 Å². The lowest BCUT2D eigenvalue weighted by atomic mass is 10.00. The van der Waals surface area contributed by atoms with Gasteiger partial charge in [-0.25, -0.2) is 0 Å². The number of fused-ring (bicyclic) bond motifs is 2. The summed E-state index contributed by atoms with van der Waals surface area (Å²) in [5, 5.41) is 0.554. The average molecular weight is 483 g/mol. The first kappa shape index (κ1) is 23.7. The maximum absolute atomic E-state index is 13.7. The smallest absolute Gasteiger partial charge is 0.200 e. The first-order valence-corrected chi connectivity index (χ1v) is 12.5. The molecule has 0 atom stereocenters. The second-order valence-electron chi connectivity index (χ2n) is 8.90. The molecule has 0 N–H and O–H groups in total. The van der Waals surface area contributed by atoms with Gasteiger partial charge in [0, 0.05) is 12.5 Å². The minimum Gasteiger partial charge on any atom is -0.490 e. The Bertz CT molecular complexity index is 1450. The molecule has 5 rings (SSSR count). The molecule has 4 aromatic rings. The summed E-state index contributed by atoms with van der Waals surface area (Å²) in [6.45, 7) is 5.57. The van der Waals surface area contributed by atoms with Gasteiger partial charge in [0.2, 0.25) is 5.43 Å². The van der Waals surface area contributed by atoms with E-state index in [0.717, 1.165) is 41.7 Å². The standard InChI is InChI=1S/C31H30O5/c1-3-9-23-18-25-28(20-27(23)34-15-7-12-22-10-5-4-6-11-22)36-21(2)30(31(25)32)24-13-14-26-29(19-24)35-17-8-16-33-26/h4-7,10-14,18-20H,3,8-9,15-17H2,1-2H3. The Morgan fingerprint density at radius 1 is 0.972 bits per heavy atom. The minimum atomic E-state index is -0.0592. The number of rotatable bonds is 7. The Labute approximate surface area is 210 Å². The van der Waals surface area contributed by atoms with Crippen molar-refractivity contribution in [1.82, 2.24) is 0 Å². The predicted octanol–water partition coefficient (Wildman–Crippen LogP) is 6.97. The van der Waals surface area contributed by atoms with E-state index in [1.165, 1.54) is 0 Å². The molecule has 0 saturated carbocycles. The number of hydrogen-bond acceptors (Lipinski definition) is 5. The largest absolute Gasteiger partial charge is 0.490 e. The van der Waals surface area contributed by atoms with E-state index in [0.29, 0.717) is 53.6 Å². The number of hydrogen-bond donors (Lipinski definition) is 0. The molecule has 1 aliphatic heterocycles. The van der Waals surface area contributed by atoms with Crippen LogP contribution in [0.4, 0.5) is 0 Å². The van der Waals surface area contributed by atoms with E-state index in [4.69, 9.17) is 18.6 Å². The van der Waals surface area contributed by atoms with Crippen molar-refractivity contribution in [2.24, 2.45) is 0 Å². The molecule has 1 aromatic heterocycles. The summed E-state index contributed by atoms with van der Waals surface area (Å²) in [4.78, 5) is 13.7. The van der Waals surface area contributed by atoms with Gasteiger partial charge >= 0.3 is 0 Å². The van der Waals surface area contributed by atoms with E-state index in [-0.39, 0.29) is 5.43 Å². The highest BCUT2D eigenvalue weighted by molar-refractivity contribution is 5.85. The molecule has 36 heavy (non-hydrogen) atoms. The van der Waals surface area contributed by atoms with Crippen LogP contribution in [0.2, 0.25) is 0 Å². The predicted molar refractivity (Wildman–Crippen MR) is 143 cm³/mol. The molecular formula is C31H30O5. The lowest BCUT2D eigenvalue weighted by molar-refractivity contribution is 0.297. The molecular weight excluding hydrogens is 452 g/mol. The first-order chi connectivity index (χ1) is 17.6. The Morgan fingerprint density at radius 2 is 1.78 bits per heavy atom. The van der Waals surface area contributed by atoms with Crippen LogP contribution in [0.3, 0.4) is 0 Å². The van der Waals surface area contributed by atoms with Gasteiger partial charge in [-0.1, -0.05) is 55.8 Å². The summed E-state index contributed by atoms with van der Waals surface area (Å²) in [7, 11) is 0. The Kier molecular flexibility index (Phi) is 7.08. The van der Waals surface area contributed by atoms with Crippen molar-refractivity contribution in [3.8, 4) is 28.4 Å². The van der Waals surface area contributed by atoms with Gasteiger partial charge in [-0.05, 0) is 54.3 Å². The number of benzene rings is 3. The summed E-state index contributed by atoms with van der Waals surface area (Å²) >= 11 is 0. The quantitative estimate of drug-likeness (QED) is 0.285. The van der Waals surface area contributed by atoms with Gasteiger partial charge in [-0.15, -0.1) is 0 Å². The van der Waals surface area contributed by atoms with E-state index in [1.54, 1.807) is 0 Å². The van der Waals surface area contributed by atoms with Crippen molar-refractivity contribution in [2.75, 3.05) is 19.8 Å². The zero-order chi connectivity index (χ0) is 24.9. The van der Waals surface area contributed by atoms with E-state index in [9.17, 15) is 4.79 Å². The molecule has 5 nitrogen and oxygen atoms in total. The molecule has 0 fully saturated rings. The van der Waals surface area contributed by atoms with Crippen LogP contribution in [-0.4, -0.2) is 19.8 Å². The Morgan fingerprint density at radius 3 is 2.58 bits per heavy atom. The van der Waals surface area contributed by atoms with E-state index < -0.39 is 0 Å². The molecule has 3 aromatic carbocycles. The van der Waals surface area contributed by atoms with Crippen molar-refractivity contribution in [1.29, 1.82) is 0 Å². The normalized spacial score (nSPS) is 13.2. The molecule has 184 valence electrons. The second-order valence-corrected chi connectivity index (χ2v) is 8.90. The van der Waals surface area contributed by atoms with Crippen LogP contribution in [-0.2, 0) is 6.42 Å². The third-order valence-corrected chi connectivity index (χ3v) is 6.25. The van der Waals surface area contributed by atoms with Crippen molar-refractivity contribution in [2.45, 2.75) is 33.1 Å². The van der Waals surface area contributed by atoms with Gasteiger partial charge in [-0.2, -0.15) is 0 Å². The molecule has 0 aliphatic carbocycles. The van der Waals surface area contributed by atoms with Crippen LogP contribution in [0, 0.1) is 6.92 Å². The molecule has 0 radical (unpaired) electrons. The molecule has 0 bridgehead atoms. The SMILES string of the molecule is CCCc1cc2c(=O)c(-c3ccc4c(c3)OCCCO4)c(C)oc2cc1OCC=Cc1ccccc1. The summed E-state index contributed by atoms with van der Waals surface area (Å²) in [6.07, 6.45) is 6.60. The van der Waals surface area contributed by atoms with E-state index >= 15 is 0 Å². The molecule has 2 heterocycles. The highest BCUT2D eigenvalue weighted by Gasteiger charge is 2.19. The maximum Gasteiger partial charge on any atom is 0.200 e. The fourth-order valence-corrected chi connectivity index (χ4v) is 4.52. The van der Waals surface area contributed by atoms with Gasteiger partial charge in [0.15, 0.2) is 11.5 Å². The summed E-state index contributed by atoms with van der Waals surface area (Å²) in [6, 6.07) is 19.5. The Hall–Kier alpha value is -3.99. The topological polar surface area (TPSA) is 57.9 Å². The molecule has 1 aliphatic rings. The van der Waals surface area contributed by atoms with Crippen molar-refractivity contribution in [3.63, 3.8) is 0 Å². The molecule has 0 amide bonds. The average Bonchev–Trinajstić information content (AvgIpc) is 3.13. The van der Waals surface area contributed by atoms with E-state index in [2.05, 4.69) is 6.92 Å². The van der Waals surface area contributed by atoms with Gasteiger partial charge < -0.3 is 18.6 Å². The van der Waals surface area contributed by atoms with Crippen molar-refractivity contribution in [3.05, 3.63) is 93.9 Å². The van der Waals surface area contributed by atoms with Crippen LogP contribution in [0.15, 0.2) is 76.0 Å². The highest BCUT2D eigenvalue weighted by atomic mass is 16.5. The van der Waals surface area contributed by atoms with Crippen molar-refractivity contribution >= 4 is 17.0 Å². The number of aryl methyl sites for hydroxylation is 2. The van der Waals surface area contributed by atoms with Crippen molar-refractivity contribution < 1.29 is 18.6 Å². The second kappa shape index (κ2) is 10.7. The molecule has 0 spiro atoms. The fourth-order valence-electron chi connectivity index (χ4n) is 4.52. The fraction of sp³-hybridized carbons (Fsp3) is 0.258. The van der Waals surface area contributed by atoms with Gasteiger partial charge in [0.05, 0.1) is 24.2 Å². The third-order valence-electron chi connectivity index (χ3n) is 6.25. The van der Waals surface area contributed by atoms with Gasteiger partial charge in [-0.3, -0.25) is 4.79 Å². The monoisotopic (exact) mass is 482 g/mol. The van der Waals surface area contributed by atoms with E-state index in [1.807, 2.05) is 79.7 Å². The molecule has 0 saturated heterocycles. The number of ether oxygens (including phenoxy) is 3. The maximum atomic E-state index is 13.7. The van der Waals surface area contributed by atoms with Gasteiger partial charge in [0.1, 0.15) is 23.7 Å².